The van der Waals surface area contributed by atoms with Crippen molar-refractivity contribution in [3.63, 3.8) is 0 Å². The highest BCUT2D eigenvalue weighted by molar-refractivity contribution is 6.17. The summed E-state index contributed by atoms with van der Waals surface area (Å²) in [5, 5.41) is 0. The number of ether oxygens (including phenoxy) is 2. The zero-order chi connectivity index (χ0) is 14.3. The second-order valence-electron chi connectivity index (χ2n) is 5.34. The maximum atomic E-state index is 5.89. The molecule has 0 aliphatic heterocycles. The molecule has 3 nitrogen and oxygen atoms in total. The van der Waals surface area contributed by atoms with Gasteiger partial charge in [0.1, 0.15) is 6.61 Å². The molecule has 0 radical (unpaired) electrons. The van der Waals surface area contributed by atoms with E-state index in [1.807, 2.05) is 12.1 Å². The molecule has 1 rings (SSSR count). The number of nitrogens with zero attached hydrogens (tertiary/aromatic N) is 1. The van der Waals surface area contributed by atoms with Gasteiger partial charge in [-0.1, -0.05) is 27.7 Å². The van der Waals surface area contributed by atoms with E-state index in [2.05, 4.69) is 32.7 Å². The van der Waals surface area contributed by atoms with Crippen molar-refractivity contribution >= 4 is 11.6 Å². The zero-order valence-electron chi connectivity index (χ0n) is 12.3. The molecule has 0 aliphatic carbocycles. The van der Waals surface area contributed by atoms with E-state index in [9.17, 15) is 0 Å². The summed E-state index contributed by atoms with van der Waals surface area (Å²) in [7, 11) is 0. The van der Waals surface area contributed by atoms with Gasteiger partial charge in [-0.05, 0) is 23.5 Å². The molecular weight excluding hydrogens is 262 g/mol. The van der Waals surface area contributed by atoms with E-state index in [0.29, 0.717) is 36.8 Å². The quantitative estimate of drug-likeness (QED) is 0.534. The first-order valence-corrected chi connectivity index (χ1v) is 7.33. The summed E-state index contributed by atoms with van der Waals surface area (Å²) >= 11 is 5.89. The lowest BCUT2D eigenvalue weighted by molar-refractivity contribution is 0.0805. The van der Waals surface area contributed by atoms with Gasteiger partial charge in [0.25, 0.3) is 0 Å². The molecule has 0 saturated heterocycles. The SMILES string of the molecule is CC(C)COCCOc1cc(CCl)cc(C(C)C)n1. The molecule has 0 amide bonds. The number of alkyl halides is 1. The van der Waals surface area contributed by atoms with Gasteiger partial charge in [0.05, 0.1) is 6.61 Å². The summed E-state index contributed by atoms with van der Waals surface area (Å²) < 4.78 is 11.1. The molecule has 0 fully saturated rings. The van der Waals surface area contributed by atoms with Crippen LogP contribution in [-0.4, -0.2) is 24.8 Å². The molecule has 0 aliphatic rings. The van der Waals surface area contributed by atoms with Gasteiger partial charge < -0.3 is 9.47 Å². The highest BCUT2D eigenvalue weighted by Crippen LogP contribution is 2.20. The maximum Gasteiger partial charge on any atom is 0.213 e. The molecule has 0 bridgehead atoms. The van der Waals surface area contributed by atoms with E-state index in [4.69, 9.17) is 21.1 Å². The van der Waals surface area contributed by atoms with Gasteiger partial charge >= 0.3 is 0 Å². The minimum Gasteiger partial charge on any atom is -0.475 e. The third kappa shape index (κ3) is 6.26. The Labute approximate surface area is 121 Å². The molecule has 0 spiro atoms. The van der Waals surface area contributed by atoms with Crippen molar-refractivity contribution in [2.45, 2.75) is 39.5 Å². The highest BCUT2D eigenvalue weighted by atomic mass is 35.5. The van der Waals surface area contributed by atoms with Gasteiger partial charge in [-0.2, -0.15) is 0 Å². The van der Waals surface area contributed by atoms with Crippen LogP contribution in [0.3, 0.4) is 0 Å². The molecule has 0 saturated carbocycles. The predicted octanol–water partition coefficient (Wildman–Crippen LogP) is 4.00. The normalized spacial score (nSPS) is 11.3. The van der Waals surface area contributed by atoms with Gasteiger partial charge in [0.15, 0.2) is 0 Å². The Bertz CT molecular complexity index is 380. The Morgan fingerprint density at radius 2 is 1.89 bits per heavy atom. The van der Waals surface area contributed by atoms with E-state index in [-0.39, 0.29) is 0 Å². The summed E-state index contributed by atoms with van der Waals surface area (Å²) in [5.74, 6) is 2.02. The van der Waals surface area contributed by atoms with Crippen molar-refractivity contribution in [2.24, 2.45) is 5.92 Å². The van der Waals surface area contributed by atoms with E-state index in [0.717, 1.165) is 17.9 Å². The Morgan fingerprint density at radius 3 is 2.47 bits per heavy atom. The van der Waals surface area contributed by atoms with Gasteiger partial charge in [-0.3, -0.25) is 0 Å². The van der Waals surface area contributed by atoms with Crippen LogP contribution in [0.4, 0.5) is 0 Å². The fourth-order valence-electron chi connectivity index (χ4n) is 1.55. The van der Waals surface area contributed by atoms with Gasteiger partial charge in [0, 0.05) is 24.2 Å². The third-order valence-corrected chi connectivity index (χ3v) is 2.86. The maximum absolute atomic E-state index is 5.89. The van der Waals surface area contributed by atoms with E-state index < -0.39 is 0 Å². The Kier molecular flexibility index (Phi) is 7.17. The molecule has 0 unspecified atom stereocenters. The number of rotatable bonds is 8. The van der Waals surface area contributed by atoms with Crippen LogP contribution in [0.25, 0.3) is 0 Å². The number of pyridine rings is 1. The molecule has 1 aromatic heterocycles. The molecule has 4 heteroatoms. The highest BCUT2D eigenvalue weighted by Gasteiger charge is 2.07. The summed E-state index contributed by atoms with van der Waals surface area (Å²) in [6.45, 7) is 10.3. The Morgan fingerprint density at radius 1 is 1.16 bits per heavy atom. The summed E-state index contributed by atoms with van der Waals surface area (Å²) in [6.07, 6.45) is 0. The van der Waals surface area contributed by atoms with E-state index >= 15 is 0 Å². The molecule has 19 heavy (non-hydrogen) atoms. The molecule has 1 aromatic rings. The molecule has 108 valence electrons. The second-order valence-corrected chi connectivity index (χ2v) is 5.61. The van der Waals surface area contributed by atoms with E-state index in [1.54, 1.807) is 0 Å². The number of hydrogen-bond donors (Lipinski definition) is 0. The van der Waals surface area contributed by atoms with Crippen LogP contribution < -0.4 is 4.74 Å². The fraction of sp³-hybridized carbons (Fsp3) is 0.667. The number of hydrogen-bond acceptors (Lipinski definition) is 3. The monoisotopic (exact) mass is 285 g/mol. The van der Waals surface area contributed by atoms with Crippen molar-refractivity contribution in [2.75, 3.05) is 19.8 Å². The lowest BCUT2D eigenvalue weighted by Gasteiger charge is -2.12. The van der Waals surface area contributed by atoms with Crippen molar-refractivity contribution in [3.05, 3.63) is 23.4 Å². The van der Waals surface area contributed by atoms with Crippen molar-refractivity contribution in [1.82, 2.24) is 4.98 Å². The van der Waals surface area contributed by atoms with Crippen LogP contribution in [0.5, 0.6) is 5.88 Å². The summed E-state index contributed by atoms with van der Waals surface area (Å²) in [4.78, 5) is 4.48. The predicted molar refractivity (Wildman–Crippen MR) is 79.0 cm³/mol. The average molecular weight is 286 g/mol. The molecule has 0 aromatic carbocycles. The van der Waals surface area contributed by atoms with Crippen molar-refractivity contribution in [3.8, 4) is 5.88 Å². The van der Waals surface area contributed by atoms with Gasteiger partial charge in [0.2, 0.25) is 5.88 Å². The third-order valence-electron chi connectivity index (χ3n) is 2.56. The van der Waals surface area contributed by atoms with Crippen LogP contribution in [0.2, 0.25) is 0 Å². The zero-order valence-corrected chi connectivity index (χ0v) is 13.0. The van der Waals surface area contributed by atoms with E-state index in [1.165, 1.54) is 0 Å². The topological polar surface area (TPSA) is 31.4 Å². The first-order valence-electron chi connectivity index (χ1n) is 6.80. The van der Waals surface area contributed by atoms with Crippen LogP contribution in [0.1, 0.15) is 44.9 Å². The molecular formula is C15H24ClNO2. The summed E-state index contributed by atoms with van der Waals surface area (Å²) in [5.41, 5.74) is 2.05. The number of halogens is 1. The molecule has 1 heterocycles. The fourth-order valence-corrected chi connectivity index (χ4v) is 1.71. The van der Waals surface area contributed by atoms with Crippen molar-refractivity contribution < 1.29 is 9.47 Å². The average Bonchev–Trinajstić information content (AvgIpc) is 2.37. The van der Waals surface area contributed by atoms with Gasteiger partial charge in [-0.15, -0.1) is 11.6 Å². The molecule has 0 atom stereocenters. The Hall–Kier alpha value is -0.800. The van der Waals surface area contributed by atoms with Crippen LogP contribution in [-0.2, 0) is 10.6 Å². The second kappa shape index (κ2) is 8.39. The Balaban J connectivity index is 2.50. The first kappa shape index (κ1) is 16.3. The number of aromatic nitrogens is 1. The minimum absolute atomic E-state index is 0.364. The van der Waals surface area contributed by atoms with Crippen LogP contribution in [0.15, 0.2) is 12.1 Å². The van der Waals surface area contributed by atoms with Crippen LogP contribution >= 0.6 is 11.6 Å². The summed E-state index contributed by atoms with van der Waals surface area (Å²) in [6, 6.07) is 3.92. The van der Waals surface area contributed by atoms with Crippen molar-refractivity contribution in [1.29, 1.82) is 0 Å². The molecule has 0 N–H and O–H groups in total. The van der Waals surface area contributed by atoms with Gasteiger partial charge in [-0.25, -0.2) is 4.98 Å². The lowest BCUT2D eigenvalue weighted by atomic mass is 10.1. The van der Waals surface area contributed by atoms with Crippen LogP contribution in [0, 0.1) is 5.92 Å². The largest absolute Gasteiger partial charge is 0.475 e. The first-order chi connectivity index (χ1) is 9.02. The smallest absolute Gasteiger partial charge is 0.213 e. The lowest BCUT2D eigenvalue weighted by Crippen LogP contribution is -2.11. The minimum atomic E-state index is 0.364. The standard InChI is InChI=1S/C15H24ClNO2/c1-11(2)10-18-5-6-19-15-8-13(9-16)7-14(17-15)12(3)4/h7-8,11-12H,5-6,9-10H2,1-4H3.